The van der Waals surface area contributed by atoms with Crippen LogP contribution >= 0.6 is 0 Å². The minimum Gasteiger partial charge on any atom is -0.479 e. The maximum absolute atomic E-state index is 5.85. The van der Waals surface area contributed by atoms with Crippen LogP contribution in [0.2, 0.25) is 0 Å². The van der Waals surface area contributed by atoms with Crippen molar-refractivity contribution in [3.05, 3.63) is 24.3 Å². The first-order valence-corrected chi connectivity index (χ1v) is 5.56. The van der Waals surface area contributed by atoms with Gasteiger partial charge in [-0.25, -0.2) is 4.98 Å². The maximum atomic E-state index is 5.85. The molecule has 0 fully saturated rings. The van der Waals surface area contributed by atoms with Crippen LogP contribution in [0.1, 0.15) is 5.56 Å². The number of ether oxygens (including phenoxy) is 1. The normalized spacial score (nSPS) is 10.3. The highest BCUT2D eigenvalue weighted by molar-refractivity contribution is 5.66. The predicted molar refractivity (Wildman–Crippen MR) is 68.4 cm³/mol. The van der Waals surface area contributed by atoms with E-state index in [0.717, 1.165) is 18.5 Å². The number of hydrogen-bond acceptors (Lipinski definition) is 6. The molecule has 2 heterocycles. The molecule has 0 aliphatic carbocycles. The maximum Gasteiger partial charge on any atom is 0.242 e. The molecule has 96 valence electrons. The van der Waals surface area contributed by atoms with Crippen LogP contribution in [-0.4, -0.2) is 33.4 Å². The fourth-order valence-corrected chi connectivity index (χ4v) is 1.61. The number of methoxy groups -OCH3 is 1. The first-order valence-electron chi connectivity index (χ1n) is 5.56. The third-order valence-corrected chi connectivity index (χ3v) is 2.51. The molecule has 18 heavy (non-hydrogen) atoms. The second-order valence-corrected chi connectivity index (χ2v) is 3.84. The Balaban J connectivity index is 1.94. The molecule has 2 aromatic heterocycles. The number of anilines is 2. The van der Waals surface area contributed by atoms with Gasteiger partial charge in [-0.1, -0.05) is 0 Å². The number of nitrogens with zero attached hydrogens (tertiary/aromatic N) is 4. The molecule has 0 unspecified atom stereocenters. The highest BCUT2D eigenvalue weighted by Gasteiger charge is 2.07. The molecular formula is C11H16N6O. The van der Waals surface area contributed by atoms with Crippen LogP contribution in [0.4, 0.5) is 11.5 Å². The number of aryl methyl sites for hydroxylation is 1. The van der Waals surface area contributed by atoms with E-state index < -0.39 is 0 Å². The lowest BCUT2D eigenvalue weighted by molar-refractivity contribution is 0.399. The molecule has 0 saturated heterocycles. The van der Waals surface area contributed by atoms with Crippen LogP contribution in [0.15, 0.2) is 18.7 Å². The zero-order valence-corrected chi connectivity index (χ0v) is 10.4. The van der Waals surface area contributed by atoms with E-state index in [4.69, 9.17) is 10.5 Å². The summed E-state index contributed by atoms with van der Waals surface area (Å²) in [5.74, 6) is 0.972. The van der Waals surface area contributed by atoms with E-state index in [1.807, 2.05) is 19.4 Å². The Bertz CT molecular complexity index is 524. The van der Waals surface area contributed by atoms with Crippen molar-refractivity contribution in [2.45, 2.75) is 6.42 Å². The Kier molecular flexibility index (Phi) is 3.61. The lowest BCUT2D eigenvalue weighted by atomic mass is 10.2. The highest BCUT2D eigenvalue weighted by atomic mass is 16.5. The summed E-state index contributed by atoms with van der Waals surface area (Å²) in [5.41, 5.74) is 7.43. The molecule has 2 aromatic rings. The molecule has 3 N–H and O–H groups in total. The fourth-order valence-electron chi connectivity index (χ4n) is 1.61. The molecule has 2 rings (SSSR count). The molecule has 0 radical (unpaired) electrons. The summed E-state index contributed by atoms with van der Waals surface area (Å²) >= 11 is 0. The number of nitrogens with two attached hydrogens (primary N) is 1. The van der Waals surface area contributed by atoms with Gasteiger partial charge in [0.25, 0.3) is 0 Å². The molecule has 7 nitrogen and oxygen atoms in total. The summed E-state index contributed by atoms with van der Waals surface area (Å²) in [4.78, 5) is 7.99. The lowest BCUT2D eigenvalue weighted by Crippen LogP contribution is -2.09. The molecule has 0 amide bonds. The molecule has 7 heteroatoms. The standard InChI is InChI=1S/C11H16N6O/c1-17-6-8(5-16-17)3-4-13-10-9(12)11(18-2)15-7-14-10/h5-7H,3-4,12H2,1-2H3,(H,13,14,15). The van der Waals surface area contributed by atoms with Crippen molar-refractivity contribution in [1.82, 2.24) is 19.7 Å². The third kappa shape index (κ3) is 2.68. The van der Waals surface area contributed by atoms with E-state index in [-0.39, 0.29) is 0 Å². The molecular weight excluding hydrogens is 232 g/mol. The molecule has 0 aromatic carbocycles. The number of rotatable bonds is 5. The van der Waals surface area contributed by atoms with Crippen molar-refractivity contribution in [3.63, 3.8) is 0 Å². The predicted octanol–water partition coefficient (Wildman–Crippen LogP) is 0.455. The van der Waals surface area contributed by atoms with E-state index in [1.165, 1.54) is 13.4 Å². The smallest absolute Gasteiger partial charge is 0.242 e. The molecule has 0 bridgehead atoms. The Morgan fingerprint density at radius 3 is 2.94 bits per heavy atom. The minimum atomic E-state index is 0.383. The topological polar surface area (TPSA) is 90.9 Å². The lowest BCUT2D eigenvalue weighted by Gasteiger charge is -2.09. The molecule has 0 saturated carbocycles. The van der Waals surface area contributed by atoms with Crippen molar-refractivity contribution in [2.75, 3.05) is 24.7 Å². The first-order chi connectivity index (χ1) is 8.70. The van der Waals surface area contributed by atoms with Gasteiger partial charge in [-0.3, -0.25) is 4.68 Å². The van der Waals surface area contributed by atoms with Gasteiger partial charge in [0.2, 0.25) is 5.88 Å². The Hall–Kier alpha value is -2.31. The summed E-state index contributed by atoms with van der Waals surface area (Å²) in [5, 5.41) is 7.26. The van der Waals surface area contributed by atoms with E-state index in [2.05, 4.69) is 20.4 Å². The van der Waals surface area contributed by atoms with Crippen molar-refractivity contribution in [3.8, 4) is 5.88 Å². The van der Waals surface area contributed by atoms with Gasteiger partial charge in [-0.15, -0.1) is 0 Å². The van der Waals surface area contributed by atoms with Gasteiger partial charge in [-0.05, 0) is 12.0 Å². The summed E-state index contributed by atoms with van der Waals surface area (Å²) in [7, 11) is 3.42. The van der Waals surface area contributed by atoms with E-state index in [1.54, 1.807) is 4.68 Å². The Morgan fingerprint density at radius 1 is 1.44 bits per heavy atom. The average Bonchev–Trinajstić information content (AvgIpc) is 2.77. The van der Waals surface area contributed by atoms with Crippen LogP contribution in [0.5, 0.6) is 5.88 Å². The van der Waals surface area contributed by atoms with Gasteiger partial charge in [0.05, 0.1) is 13.3 Å². The monoisotopic (exact) mass is 248 g/mol. The van der Waals surface area contributed by atoms with E-state index >= 15 is 0 Å². The van der Waals surface area contributed by atoms with Gasteiger partial charge < -0.3 is 15.8 Å². The van der Waals surface area contributed by atoms with Crippen molar-refractivity contribution in [2.24, 2.45) is 7.05 Å². The highest BCUT2D eigenvalue weighted by Crippen LogP contribution is 2.23. The molecule has 0 aliphatic heterocycles. The van der Waals surface area contributed by atoms with Crippen molar-refractivity contribution < 1.29 is 4.74 Å². The number of hydrogen-bond donors (Lipinski definition) is 2. The largest absolute Gasteiger partial charge is 0.479 e. The number of nitrogens with one attached hydrogen (secondary N) is 1. The van der Waals surface area contributed by atoms with Crippen LogP contribution in [0.25, 0.3) is 0 Å². The van der Waals surface area contributed by atoms with Gasteiger partial charge in [0, 0.05) is 19.8 Å². The zero-order valence-electron chi connectivity index (χ0n) is 10.4. The van der Waals surface area contributed by atoms with E-state index in [9.17, 15) is 0 Å². The molecule has 0 atom stereocenters. The van der Waals surface area contributed by atoms with Crippen LogP contribution in [0.3, 0.4) is 0 Å². The van der Waals surface area contributed by atoms with Gasteiger partial charge >= 0.3 is 0 Å². The van der Waals surface area contributed by atoms with Crippen LogP contribution < -0.4 is 15.8 Å². The zero-order chi connectivity index (χ0) is 13.0. The van der Waals surface area contributed by atoms with Crippen molar-refractivity contribution in [1.29, 1.82) is 0 Å². The Labute approximate surface area is 105 Å². The number of aromatic nitrogens is 4. The quantitative estimate of drug-likeness (QED) is 0.798. The number of nitrogen functional groups attached to an aromatic ring is 1. The second kappa shape index (κ2) is 5.35. The second-order valence-electron chi connectivity index (χ2n) is 3.84. The summed E-state index contributed by atoms with van der Waals surface area (Å²) in [6.45, 7) is 0.718. The molecule has 0 spiro atoms. The van der Waals surface area contributed by atoms with Crippen LogP contribution in [0, 0.1) is 0 Å². The van der Waals surface area contributed by atoms with Gasteiger partial charge in [0.1, 0.15) is 12.0 Å². The summed E-state index contributed by atoms with van der Waals surface area (Å²) < 4.78 is 6.80. The summed E-state index contributed by atoms with van der Waals surface area (Å²) in [6.07, 6.45) is 6.08. The fraction of sp³-hybridized carbons (Fsp3) is 0.364. The van der Waals surface area contributed by atoms with Gasteiger partial charge in [-0.2, -0.15) is 10.1 Å². The Morgan fingerprint density at radius 2 is 2.28 bits per heavy atom. The van der Waals surface area contributed by atoms with Gasteiger partial charge in [0.15, 0.2) is 5.82 Å². The van der Waals surface area contributed by atoms with Crippen LogP contribution in [-0.2, 0) is 13.5 Å². The molecule has 0 aliphatic rings. The summed E-state index contributed by atoms with van der Waals surface area (Å²) in [6, 6.07) is 0. The van der Waals surface area contributed by atoms with Crippen molar-refractivity contribution >= 4 is 11.5 Å². The minimum absolute atomic E-state index is 0.383. The average molecular weight is 248 g/mol. The van der Waals surface area contributed by atoms with E-state index in [0.29, 0.717) is 17.4 Å². The third-order valence-electron chi connectivity index (χ3n) is 2.51. The SMILES string of the molecule is COc1ncnc(NCCc2cnn(C)c2)c1N. The first kappa shape index (κ1) is 12.2.